The number of rotatable bonds is 2. The van der Waals surface area contributed by atoms with Gasteiger partial charge in [0.25, 0.3) is 5.91 Å². The molecule has 0 atom stereocenters. The van der Waals surface area contributed by atoms with Crippen molar-refractivity contribution in [1.82, 2.24) is 0 Å². The van der Waals surface area contributed by atoms with Gasteiger partial charge in [0.05, 0.1) is 20.6 Å². The van der Waals surface area contributed by atoms with Gasteiger partial charge in [-0.2, -0.15) is 0 Å². The zero-order chi connectivity index (χ0) is 14.0. The maximum atomic E-state index is 12.1. The number of hydrogen-bond donors (Lipinski definition) is 2. The van der Waals surface area contributed by atoms with E-state index in [-0.39, 0.29) is 26.4 Å². The van der Waals surface area contributed by atoms with E-state index in [2.05, 4.69) is 5.32 Å². The molecule has 0 saturated heterocycles. The predicted molar refractivity (Wildman–Crippen MR) is 77.5 cm³/mol. The predicted octanol–water partition coefficient (Wildman–Crippen LogP) is 4.60. The first kappa shape index (κ1) is 14.0. The van der Waals surface area contributed by atoms with Crippen molar-refractivity contribution in [3.63, 3.8) is 0 Å². The van der Waals surface area contributed by atoms with Crippen molar-refractivity contribution >= 4 is 46.4 Å². The highest BCUT2D eigenvalue weighted by atomic mass is 35.5. The molecule has 2 aromatic rings. The first-order valence-corrected chi connectivity index (χ1v) is 6.36. The number of aromatic hydroxyl groups is 1. The van der Waals surface area contributed by atoms with Gasteiger partial charge in [0.15, 0.2) is 0 Å². The van der Waals surface area contributed by atoms with Crippen LogP contribution >= 0.6 is 34.8 Å². The van der Waals surface area contributed by atoms with E-state index in [0.717, 1.165) is 0 Å². The van der Waals surface area contributed by atoms with Crippen LogP contribution < -0.4 is 5.32 Å². The van der Waals surface area contributed by atoms with Crippen LogP contribution in [0.25, 0.3) is 0 Å². The Labute approximate surface area is 124 Å². The van der Waals surface area contributed by atoms with E-state index in [1.54, 1.807) is 24.3 Å². The second-order valence-corrected chi connectivity index (χ2v) is 4.94. The molecule has 0 unspecified atom stereocenters. The first-order valence-electron chi connectivity index (χ1n) is 5.23. The Kier molecular flexibility index (Phi) is 4.20. The van der Waals surface area contributed by atoms with E-state index in [1.165, 1.54) is 12.1 Å². The Morgan fingerprint density at radius 1 is 1.00 bits per heavy atom. The monoisotopic (exact) mass is 315 g/mol. The topological polar surface area (TPSA) is 49.3 Å². The summed E-state index contributed by atoms with van der Waals surface area (Å²) in [5.41, 5.74) is 0.572. The van der Waals surface area contributed by atoms with Gasteiger partial charge in [-0.15, -0.1) is 0 Å². The molecule has 0 spiro atoms. The van der Waals surface area contributed by atoms with E-state index in [4.69, 9.17) is 34.8 Å². The van der Waals surface area contributed by atoms with Gasteiger partial charge in [-0.05, 0) is 24.3 Å². The van der Waals surface area contributed by atoms with E-state index in [0.29, 0.717) is 5.69 Å². The van der Waals surface area contributed by atoms with E-state index >= 15 is 0 Å². The zero-order valence-electron chi connectivity index (χ0n) is 9.45. The van der Waals surface area contributed by atoms with Crippen LogP contribution in [-0.4, -0.2) is 11.0 Å². The molecule has 2 aromatic carbocycles. The highest BCUT2D eigenvalue weighted by Gasteiger charge is 2.15. The molecule has 3 nitrogen and oxygen atoms in total. The van der Waals surface area contributed by atoms with Gasteiger partial charge in [-0.1, -0.05) is 40.9 Å². The third-order valence-corrected chi connectivity index (χ3v) is 3.34. The summed E-state index contributed by atoms with van der Waals surface area (Å²) in [6.45, 7) is 0. The summed E-state index contributed by atoms with van der Waals surface area (Å²) >= 11 is 17.5. The van der Waals surface area contributed by atoms with Crippen LogP contribution in [0.15, 0.2) is 36.4 Å². The smallest absolute Gasteiger partial charge is 0.258 e. The summed E-state index contributed by atoms with van der Waals surface area (Å²) in [6.07, 6.45) is 0. The molecule has 1 amide bonds. The summed E-state index contributed by atoms with van der Waals surface area (Å²) in [4.78, 5) is 12.1. The number of nitrogens with one attached hydrogen (secondary N) is 1. The number of benzene rings is 2. The number of anilines is 1. The van der Waals surface area contributed by atoms with Crippen LogP contribution in [0.3, 0.4) is 0 Å². The van der Waals surface area contributed by atoms with Crippen LogP contribution in [-0.2, 0) is 0 Å². The molecule has 0 aliphatic carbocycles. The number of phenols is 1. The average molecular weight is 317 g/mol. The van der Waals surface area contributed by atoms with Gasteiger partial charge in [-0.25, -0.2) is 0 Å². The molecule has 0 saturated carbocycles. The summed E-state index contributed by atoms with van der Waals surface area (Å²) < 4.78 is 0. The number of phenolic OH excluding ortho intramolecular Hbond substituents is 1. The van der Waals surface area contributed by atoms with Crippen molar-refractivity contribution in [2.45, 2.75) is 0 Å². The van der Waals surface area contributed by atoms with Gasteiger partial charge >= 0.3 is 0 Å². The third kappa shape index (κ3) is 3.13. The molecule has 0 fully saturated rings. The van der Waals surface area contributed by atoms with Crippen LogP contribution in [0, 0.1) is 0 Å². The van der Waals surface area contributed by atoms with E-state index in [1.807, 2.05) is 0 Å². The standard InChI is InChI=1S/C13H8Cl3NO2/c14-8-5-4-7(6-11(8)18)17-13(19)12-9(15)2-1-3-10(12)16/h1-6,18H,(H,17,19). The Morgan fingerprint density at radius 2 is 1.63 bits per heavy atom. The fourth-order valence-corrected chi connectivity index (χ4v) is 2.19. The third-order valence-electron chi connectivity index (χ3n) is 2.39. The van der Waals surface area contributed by atoms with Crippen molar-refractivity contribution in [2.75, 3.05) is 5.32 Å². The molecular formula is C13H8Cl3NO2. The van der Waals surface area contributed by atoms with Crippen LogP contribution in [0.2, 0.25) is 15.1 Å². The first-order chi connectivity index (χ1) is 8.99. The summed E-state index contributed by atoms with van der Waals surface area (Å²) in [7, 11) is 0. The lowest BCUT2D eigenvalue weighted by Gasteiger charge is -2.09. The molecule has 2 N–H and O–H groups in total. The lowest BCUT2D eigenvalue weighted by Crippen LogP contribution is -2.13. The van der Waals surface area contributed by atoms with Gasteiger partial charge in [0.1, 0.15) is 5.75 Å². The molecule has 0 aliphatic heterocycles. The Balaban J connectivity index is 2.28. The quantitative estimate of drug-likeness (QED) is 0.850. The Bertz CT molecular complexity index is 624. The maximum Gasteiger partial charge on any atom is 0.258 e. The van der Waals surface area contributed by atoms with Crippen LogP contribution in [0.1, 0.15) is 10.4 Å². The molecule has 0 aromatic heterocycles. The fraction of sp³-hybridized carbons (Fsp3) is 0. The second kappa shape index (κ2) is 5.70. The van der Waals surface area contributed by atoms with Gasteiger partial charge < -0.3 is 10.4 Å². The van der Waals surface area contributed by atoms with E-state index in [9.17, 15) is 9.90 Å². The van der Waals surface area contributed by atoms with Crippen molar-refractivity contribution in [1.29, 1.82) is 0 Å². The molecule has 0 bridgehead atoms. The van der Waals surface area contributed by atoms with Crippen molar-refractivity contribution < 1.29 is 9.90 Å². The number of carbonyl (C=O) groups is 1. The maximum absolute atomic E-state index is 12.1. The molecule has 0 heterocycles. The molecule has 6 heteroatoms. The van der Waals surface area contributed by atoms with Crippen molar-refractivity contribution in [3.8, 4) is 5.75 Å². The summed E-state index contributed by atoms with van der Waals surface area (Å²) in [5, 5.41) is 12.7. The number of amides is 1. The largest absolute Gasteiger partial charge is 0.506 e. The minimum Gasteiger partial charge on any atom is -0.506 e. The molecular weight excluding hydrogens is 309 g/mol. The SMILES string of the molecule is O=C(Nc1ccc(Cl)c(O)c1)c1c(Cl)cccc1Cl. The molecule has 0 aliphatic rings. The second-order valence-electron chi connectivity index (χ2n) is 3.72. The number of carbonyl (C=O) groups excluding carboxylic acids is 1. The van der Waals surface area contributed by atoms with Crippen molar-refractivity contribution in [3.05, 3.63) is 57.0 Å². The molecule has 19 heavy (non-hydrogen) atoms. The summed E-state index contributed by atoms with van der Waals surface area (Å²) in [6, 6.07) is 9.16. The lowest BCUT2D eigenvalue weighted by atomic mass is 10.2. The van der Waals surface area contributed by atoms with E-state index < -0.39 is 5.91 Å². The number of hydrogen-bond acceptors (Lipinski definition) is 2. The van der Waals surface area contributed by atoms with Gasteiger partial charge in [-0.3, -0.25) is 4.79 Å². The normalized spacial score (nSPS) is 10.3. The fourth-order valence-electron chi connectivity index (χ4n) is 1.50. The highest BCUT2D eigenvalue weighted by molar-refractivity contribution is 6.40. The summed E-state index contributed by atoms with van der Waals surface area (Å²) in [5.74, 6) is -0.581. The van der Waals surface area contributed by atoms with Crippen LogP contribution in [0.4, 0.5) is 5.69 Å². The van der Waals surface area contributed by atoms with Crippen LogP contribution in [0.5, 0.6) is 5.75 Å². The minimum atomic E-state index is -0.461. The highest BCUT2D eigenvalue weighted by Crippen LogP contribution is 2.28. The lowest BCUT2D eigenvalue weighted by molar-refractivity contribution is 0.102. The average Bonchev–Trinajstić information content (AvgIpc) is 2.33. The van der Waals surface area contributed by atoms with Gasteiger partial charge in [0.2, 0.25) is 0 Å². The Morgan fingerprint density at radius 3 is 2.21 bits per heavy atom. The molecule has 2 rings (SSSR count). The Hall–Kier alpha value is -1.42. The molecule has 0 radical (unpaired) electrons. The van der Waals surface area contributed by atoms with Gasteiger partial charge in [0, 0.05) is 11.8 Å². The number of halogens is 3. The zero-order valence-corrected chi connectivity index (χ0v) is 11.7. The molecule has 98 valence electrons. The van der Waals surface area contributed by atoms with Crippen molar-refractivity contribution in [2.24, 2.45) is 0 Å². The minimum absolute atomic E-state index is 0.121.